The second-order valence-electron chi connectivity index (χ2n) is 8.96. The molecule has 1 aliphatic heterocycles. The van der Waals surface area contributed by atoms with E-state index in [4.69, 9.17) is 0 Å². The fraction of sp³-hybridized carbons (Fsp3) is 0.545. The molecule has 2 aromatic rings. The van der Waals surface area contributed by atoms with E-state index in [1.807, 2.05) is 6.07 Å². The van der Waals surface area contributed by atoms with Gasteiger partial charge in [0.05, 0.1) is 17.0 Å². The summed E-state index contributed by atoms with van der Waals surface area (Å²) in [6.07, 6.45) is 4.63. The third-order valence-electron chi connectivity index (χ3n) is 7.68. The molecule has 0 amide bonds. The molecule has 142 valence electrons. The molecule has 2 heterocycles. The number of hydrogen-bond acceptors (Lipinski definition) is 3. The van der Waals surface area contributed by atoms with E-state index in [1.54, 1.807) is 0 Å². The van der Waals surface area contributed by atoms with E-state index in [0.717, 1.165) is 37.2 Å². The van der Waals surface area contributed by atoms with Crippen LogP contribution < -0.4 is 5.32 Å². The molecule has 2 bridgehead atoms. The van der Waals surface area contributed by atoms with Crippen LogP contribution in [0.3, 0.4) is 0 Å². The molecule has 3 nitrogen and oxygen atoms in total. The molecule has 0 spiro atoms. The van der Waals surface area contributed by atoms with Crippen molar-refractivity contribution in [1.29, 1.82) is 0 Å². The zero-order valence-electron chi connectivity index (χ0n) is 15.9. The Bertz CT molecular complexity index is 884. The SMILES string of the molecule is CC1(C)[C@H]2CC[C@]1(C1CCCNC1)c1nnc(-c3c(F)cccc3F)cc12. The summed E-state index contributed by atoms with van der Waals surface area (Å²) in [6.45, 7) is 6.80. The molecule has 27 heavy (non-hydrogen) atoms. The molecule has 3 atom stereocenters. The van der Waals surface area contributed by atoms with Gasteiger partial charge in [-0.25, -0.2) is 8.78 Å². The van der Waals surface area contributed by atoms with Gasteiger partial charge in [-0.3, -0.25) is 0 Å². The number of hydrogen-bond donors (Lipinski definition) is 1. The minimum Gasteiger partial charge on any atom is -0.316 e. The minimum atomic E-state index is -0.585. The fourth-order valence-corrected chi connectivity index (χ4v) is 6.41. The second kappa shape index (κ2) is 5.81. The van der Waals surface area contributed by atoms with E-state index in [1.165, 1.54) is 31.0 Å². The number of nitrogens with zero attached hydrogens (tertiary/aromatic N) is 2. The first kappa shape index (κ1) is 17.2. The van der Waals surface area contributed by atoms with Crippen molar-refractivity contribution < 1.29 is 8.78 Å². The maximum atomic E-state index is 14.3. The van der Waals surface area contributed by atoms with Gasteiger partial charge in [0, 0.05) is 5.41 Å². The first-order valence-electron chi connectivity index (χ1n) is 10.00. The molecular weight excluding hydrogens is 344 g/mol. The first-order valence-corrected chi connectivity index (χ1v) is 10.00. The molecule has 5 rings (SSSR count). The lowest BCUT2D eigenvalue weighted by Gasteiger charge is -2.46. The van der Waals surface area contributed by atoms with Crippen molar-refractivity contribution in [3.05, 3.63) is 47.2 Å². The molecular formula is C22H25F2N3. The quantitative estimate of drug-likeness (QED) is 0.842. The number of fused-ring (bicyclic) bond motifs is 5. The van der Waals surface area contributed by atoms with Crippen molar-refractivity contribution in [2.45, 2.75) is 50.9 Å². The van der Waals surface area contributed by atoms with Crippen molar-refractivity contribution in [2.24, 2.45) is 11.3 Å². The Morgan fingerprint density at radius 3 is 2.59 bits per heavy atom. The number of halogens is 2. The van der Waals surface area contributed by atoms with Crippen LogP contribution in [0.2, 0.25) is 0 Å². The van der Waals surface area contributed by atoms with E-state index < -0.39 is 11.6 Å². The van der Waals surface area contributed by atoms with E-state index in [9.17, 15) is 8.78 Å². The lowest BCUT2D eigenvalue weighted by atomic mass is 9.59. The van der Waals surface area contributed by atoms with Gasteiger partial charge in [-0.15, -0.1) is 0 Å². The van der Waals surface area contributed by atoms with Gasteiger partial charge in [0.1, 0.15) is 11.6 Å². The predicted octanol–water partition coefficient (Wildman–Crippen LogP) is 4.58. The lowest BCUT2D eigenvalue weighted by molar-refractivity contribution is 0.105. The highest BCUT2D eigenvalue weighted by atomic mass is 19.1. The van der Waals surface area contributed by atoms with Gasteiger partial charge in [-0.1, -0.05) is 19.9 Å². The molecule has 1 saturated carbocycles. The van der Waals surface area contributed by atoms with Gasteiger partial charge in [0.15, 0.2) is 0 Å². The number of aromatic nitrogens is 2. The van der Waals surface area contributed by atoms with Crippen molar-refractivity contribution in [3.8, 4) is 11.3 Å². The lowest BCUT2D eigenvalue weighted by Crippen LogP contribution is -2.49. The summed E-state index contributed by atoms with van der Waals surface area (Å²) in [5.41, 5.74) is 2.58. The highest BCUT2D eigenvalue weighted by molar-refractivity contribution is 5.63. The average molecular weight is 369 g/mol. The fourth-order valence-electron chi connectivity index (χ4n) is 6.41. The molecule has 1 saturated heterocycles. The Labute approximate surface area is 158 Å². The van der Waals surface area contributed by atoms with E-state index in [-0.39, 0.29) is 16.4 Å². The molecule has 0 radical (unpaired) electrons. The monoisotopic (exact) mass is 369 g/mol. The van der Waals surface area contributed by atoms with Crippen molar-refractivity contribution in [3.63, 3.8) is 0 Å². The third kappa shape index (κ3) is 2.15. The van der Waals surface area contributed by atoms with Crippen LogP contribution in [0.4, 0.5) is 8.78 Å². The molecule has 1 aromatic carbocycles. The van der Waals surface area contributed by atoms with E-state index in [0.29, 0.717) is 17.5 Å². The van der Waals surface area contributed by atoms with Crippen molar-refractivity contribution in [1.82, 2.24) is 15.5 Å². The molecule has 1 N–H and O–H groups in total. The Hall–Kier alpha value is -1.88. The number of nitrogens with one attached hydrogen (secondary N) is 1. The molecule has 1 aromatic heterocycles. The van der Waals surface area contributed by atoms with Gasteiger partial charge in [0.25, 0.3) is 0 Å². The van der Waals surface area contributed by atoms with Crippen LogP contribution in [-0.4, -0.2) is 23.3 Å². The molecule has 3 aliphatic rings. The Balaban J connectivity index is 1.66. The van der Waals surface area contributed by atoms with Crippen LogP contribution in [0.5, 0.6) is 0 Å². The summed E-state index contributed by atoms with van der Waals surface area (Å²) in [5.74, 6) is -0.257. The summed E-state index contributed by atoms with van der Waals surface area (Å²) >= 11 is 0. The summed E-state index contributed by atoms with van der Waals surface area (Å²) in [5, 5.41) is 12.5. The molecule has 1 unspecified atom stereocenters. The van der Waals surface area contributed by atoms with Crippen LogP contribution in [0, 0.1) is 23.0 Å². The van der Waals surface area contributed by atoms with E-state index >= 15 is 0 Å². The zero-order chi connectivity index (χ0) is 18.8. The standard InChI is InChI=1S/C22H25F2N3/c1-21(2)15-8-9-22(21,13-5-4-10-25-12-13)20-14(15)11-18(26-27-20)19-16(23)6-3-7-17(19)24/h3,6-7,11,13,15,25H,4-5,8-10,12H2,1-2H3/t13?,15-,22-/m0/s1. The molecule has 2 aliphatic carbocycles. The van der Waals surface area contributed by atoms with Gasteiger partial charge in [-0.2, -0.15) is 10.2 Å². The van der Waals surface area contributed by atoms with Crippen LogP contribution in [0.15, 0.2) is 24.3 Å². The maximum Gasteiger partial charge on any atom is 0.135 e. The maximum absolute atomic E-state index is 14.3. The van der Waals surface area contributed by atoms with E-state index in [2.05, 4.69) is 29.4 Å². The number of benzene rings is 1. The zero-order valence-corrected chi connectivity index (χ0v) is 15.9. The third-order valence-corrected chi connectivity index (χ3v) is 7.68. The average Bonchev–Trinajstić information content (AvgIpc) is 3.04. The normalized spacial score (nSPS) is 31.1. The highest BCUT2D eigenvalue weighted by Crippen LogP contribution is 2.70. The summed E-state index contributed by atoms with van der Waals surface area (Å²) in [6, 6.07) is 5.84. The van der Waals surface area contributed by atoms with Crippen LogP contribution >= 0.6 is 0 Å². The minimum absolute atomic E-state index is 0.0136. The summed E-state index contributed by atoms with van der Waals surface area (Å²) in [4.78, 5) is 0. The van der Waals surface area contributed by atoms with Crippen LogP contribution in [0.1, 0.15) is 56.7 Å². The number of rotatable bonds is 2. The Morgan fingerprint density at radius 1 is 1.11 bits per heavy atom. The van der Waals surface area contributed by atoms with Crippen molar-refractivity contribution >= 4 is 0 Å². The Kier molecular flexibility index (Phi) is 3.71. The predicted molar refractivity (Wildman–Crippen MR) is 100 cm³/mol. The smallest absolute Gasteiger partial charge is 0.135 e. The topological polar surface area (TPSA) is 37.8 Å². The number of piperidine rings is 1. The second-order valence-corrected chi connectivity index (χ2v) is 8.96. The van der Waals surface area contributed by atoms with Crippen LogP contribution in [0.25, 0.3) is 11.3 Å². The van der Waals surface area contributed by atoms with Gasteiger partial charge in [-0.05, 0) is 79.8 Å². The summed E-state index contributed by atoms with van der Waals surface area (Å²) < 4.78 is 28.6. The van der Waals surface area contributed by atoms with Crippen LogP contribution in [-0.2, 0) is 5.41 Å². The van der Waals surface area contributed by atoms with Gasteiger partial charge >= 0.3 is 0 Å². The summed E-state index contributed by atoms with van der Waals surface area (Å²) in [7, 11) is 0. The van der Waals surface area contributed by atoms with Crippen molar-refractivity contribution in [2.75, 3.05) is 13.1 Å². The first-order chi connectivity index (χ1) is 13.0. The van der Waals surface area contributed by atoms with Gasteiger partial charge in [0.2, 0.25) is 0 Å². The molecule has 2 fully saturated rings. The van der Waals surface area contributed by atoms with Gasteiger partial charge < -0.3 is 5.32 Å². The largest absolute Gasteiger partial charge is 0.316 e. The molecule has 5 heteroatoms. The Morgan fingerprint density at radius 2 is 1.89 bits per heavy atom. The highest BCUT2D eigenvalue weighted by Gasteiger charge is 2.65.